The molecule has 0 amide bonds. The molecule has 8 heteroatoms. The third-order valence-electron chi connectivity index (χ3n) is 7.32. The zero-order valence-corrected chi connectivity index (χ0v) is 20.0. The number of nitrogens with one attached hydrogen (secondary N) is 1. The molecule has 182 valence electrons. The topological polar surface area (TPSA) is 91.8 Å². The average Bonchev–Trinajstić information content (AvgIpc) is 3.22. The first kappa shape index (κ1) is 23.4. The Bertz CT molecular complexity index is 1360. The maximum Gasteiger partial charge on any atom is 0.307 e. The van der Waals surface area contributed by atoms with Crippen LogP contribution in [0.3, 0.4) is 0 Å². The van der Waals surface area contributed by atoms with Crippen molar-refractivity contribution in [2.45, 2.75) is 52.9 Å². The summed E-state index contributed by atoms with van der Waals surface area (Å²) in [5, 5.41) is 10.4. The second kappa shape index (κ2) is 8.71. The van der Waals surface area contributed by atoms with Gasteiger partial charge in [0.25, 0.3) is 0 Å². The summed E-state index contributed by atoms with van der Waals surface area (Å²) in [7, 11) is 0. The van der Waals surface area contributed by atoms with Gasteiger partial charge in [-0.15, -0.1) is 0 Å². The molecule has 3 heterocycles. The van der Waals surface area contributed by atoms with Crippen LogP contribution in [0.25, 0.3) is 22.4 Å². The van der Waals surface area contributed by atoms with Gasteiger partial charge in [0, 0.05) is 22.6 Å². The van der Waals surface area contributed by atoms with Crippen molar-refractivity contribution in [1.29, 1.82) is 0 Å². The predicted molar refractivity (Wildman–Crippen MR) is 127 cm³/mol. The molecule has 6 rings (SSSR count). The van der Waals surface area contributed by atoms with E-state index in [1.807, 2.05) is 20.8 Å². The van der Waals surface area contributed by atoms with Gasteiger partial charge in [0.15, 0.2) is 17.3 Å². The Labute approximate surface area is 202 Å². The van der Waals surface area contributed by atoms with E-state index in [-0.39, 0.29) is 46.8 Å². The largest absolute Gasteiger partial charge is 0.481 e. The minimum atomic E-state index is -0.815. The number of aliphatic carboxylic acids is 1. The highest BCUT2D eigenvalue weighted by molar-refractivity contribution is 5.91. The minimum Gasteiger partial charge on any atom is -0.481 e. The quantitative estimate of drug-likeness (QED) is 0.492. The Balaban J connectivity index is 1.63. The van der Waals surface area contributed by atoms with Crippen molar-refractivity contribution in [2.75, 3.05) is 0 Å². The highest BCUT2D eigenvalue weighted by Gasteiger charge is 2.47. The van der Waals surface area contributed by atoms with Crippen LogP contribution in [-0.4, -0.2) is 31.0 Å². The fourth-order valence-electron chi connectivity index (χ4n) is 5.72. The number of carboxylic acid groups (broad SMARTS) is 1. The van der Waals surface area contributed by atoms with Crippen LogP contribution < -0.4 is 0 Å². The van der Waals surface area contributed by atoms with Crippen molar-refractivity contribution in [3.63, 3.8) is 0 Å². The summed E-state index contributed by atoms with van der Waals surface area (Å²) in [4.78, 5) is 28.1. The molecular weight excluding hydrogens is 450 g/mol. The van der Waals surface area contributed by atoms with Crippen molar-refractivity contribution >= 4 is 17.0 Å². The number of carbonyl (C=O) groups is 1. The van der Waals surface area contributed by atoms with Crippen LogP contribution >= 0.6 is 0 Å². The van der Waals surface area contributed by atoms with E-state index in [2.05, 4.69) is 31.8 Å². The van der Waals surface area contributed by atoms with Crippen molar-refractivity contribution < 1.29 is 18.7 Å². The van der Waals surface area contributed by atoms with E-state index in [4.69, 9.17) is 0 Å². The molecule has 3 aromatic rings. The Morgan fingerprint density at radius 3 is 2.57 bits per heavy atom. The van der Waals surface area contributed by atoms with Gasteiger partial charge >= 0.3 is 5.97 Å². The number of carboxylic acids is 1. The minimum absolute atomic E-state index is 0.0357. The van der Waals surface area contributed by atoms with E-state index in [0.29, 0.717) is 16.6 Å². The van der Waals surface area contributed by atoms with Crippen LogP contribution in [0.5, 0.6) is 0 Å². The maximum absolute atomic E-state index is 15.7. The van der Waals surface area contributed by atoms with Crippen LogP contribution in [0.4, 0.5) is 8.78 Å². The monoisotopic (exact) mass is 478 g/mol. The molecule has 2 unspecified atom stereocenters. The summed E-state index contributed by atoms with van der Waals surface area (Å²) in [5.74, 6) is 3.84. The zero-order valence-electron chi connectivity index (χ0n) is 20.0. The lowest BCUT2D eigenvalue weighted by Gasteiger charge is -2.46. The molecule has 3 fully saturated rings. The lowest BCUT2D eigenvalue weighted by atomic mass is 9.57. The van der Waals surface area contributed by atoms with Crippen LogP contribution in [-0.2, 0) is 11.2 Å². The van der Waals surface area contributed by atoms with Crippen LogP contribution in [0.15, 0.2) is 18.5 Å². The molecular formula is C27H28F2N4O2. The molecule has 0 radical (unpaired) electrons. The van der Waals surface area contributed by atoms with E-state index in [0.717, 1.165) is 31.9 Å². The van der Waals surface area contributed by atoms with Gasteiger partial charge in [0.2, 0.25) is 0 Å². The highest BCUT2D eigenvalue weighted by atomic mass is 19.1. The van der Waals surface area contributed by atoms with E-state index in [1.54, 1.807) is 6.20 Å². The molecule has 3 saturated carbocycles. The smallest absolute Gasteiger partial charge is 0.307 e. The number of nitrogens with zero attached hydrogens (tertiary/aromatic N) is 3. The lowest BCUT2D eigenvalue weighted by Crippen LogP contribution is -2.45. The van der Waals surface area contributed by atoms with Crippen molar-refractivity contribution in [3.8, 4) is 23.2 Å². The first-order valence-corrected chi connectivity index (χ1v) is 12.1. The molecule has 0 aliphatic heterocycles. The Morgan fingerprint density at radius 2 is 1.89 bits per heavy atom. The van der Waals surface area contributed by atoms with Crippen molar-refractivity contribution in [3.05, 3.63) is 41.5 Å². The van der Waals surface area contributed by atoms with E-state index in [1.165, 1.54) is 6.07 Å². The van der Waals surface area contributed by atoms with E-state index in [9.17, 15) is 14.3 Å². The molecule has 0 saturated heterocycles. The van der Waals surface area contributed by atoms with Gasteiger partial charge in [-0.3, -0.25) is 4.79 Å². The zero-order chi connectivity index (χ0) is 24.9. The van der Waals surface area contributed by atoms with Gasteiger partial charge in [-0.2, -0.15) is 0 Å². The van der Waals surface area contributed by atoms with E-state index >= 15 is 4.39 Å². The fourth-order valence-corrected chi connectivity index (χ4v) is 5.72. The fraction of sp³-hybridized carbons (Fsp3) is 0.481. The van der Waals surface area contributed by atoms with Gasteiger partial charge in [0.05, 0.1) is 17.8 Å². The summed E-state index contributed by atoms with van der Waals surface area (Å²) in [6, 6.07) is 1.33. The molecule has 35 heavy (non-hydrogen) atoms. The second-order valence-electron chi connectivity index (χ2n) is 10.8. The van der Waals surface area contributed by atoms with Gasteiger partial charge in [-0.05, 0) is 82.6 Å². The van der Waals surface area contributed by atoms with Gasteiger partial charge < -0.3 is 10.1 Å². The summed E-state index contributed by atoms with van der Waals surface area (Å²) in [5.41, 5.74) is 0.714. The first-order valence-electron chi connectivity index (χ1n) is 12.1. The van der Waals surface area contributed by atoms with Gasteiger partial charge in [-0.25, -0.2) is 23.7 Å². The van der Waals surface area contributed by atoms with Gasteiger partial charge in [-0.1, -0.05) is 5.92 Å². The number of rotatable bonds is 4. The summed E-state index contributed by atoms with van der Waals surface area (Å²) >= 11 is 0. The molecule has 3 aliphatic rings. The number of hydrogen-bond acceptors (Lipinski definition) is 4. The van der Waals surface area contributed by atoms with Crippen LogP contribution in [0.1, 0.15) is 57.8 Å². The maximum atomic E-state index is 15.7. The number of halogens is 2. The van der Waals surface area contributed by atoms with Crippen molar-refractivity contribution in [1.82, 2.24) is 19.9 Å². The molecule has 0 spiro atoms. The molecule has 0 aromatic carbocycles. The Kier molecular flexibility index (Phi) is 5.82. The SMILES string of the molecule is CC(C)(C)C#Cc1nc(-c2c[nH]c3ncc(F)cc23)nc(CC2C3CCC(CC3)C2C(=O)O)c1F. The first-order chi connectivity index (χ1) is 16.6. The number of aromatic amines is 1. The van der Waals surface area contributed by atoms with Crippen LogP contribution in [0.2, 0.25) is 0 Å². The van der Waals surface area contributed by atoms with Crippen molar-refractivity contribution in [2.24, 2.45) is 29.1 Å². The van der Waals surface area contributed by atoms with Crippen LogP contribution in [0, 0.1) is 52.6 Å². The number of pyridine rings is 1. The highest BCUT2D eigenvalue weighted by Crippen LogP contribution is 2.50. The third kappa shape index (κ3) is 4.52. The summed E-state index contributed by atoms with van der Waals surface area (Å²) in [6.07, 6.45) is 6.68. The van der Waals surface area contributed by atoms with E-state index < -0.39 is 23.5 Å². The second-order valence-corrected chi connectivity index (χ2v) is 10.8. The number of fused-ring (bicyclic) bond motifs is 4. The summed E-state index contributed by atoms with van der Waals surface area (Å²) < 4.78 is 29.7. The number of hydrogen-bond donors (Lipinski definition) is 2. The molecule has 6 nitrogen and oxygen atoms in total. The molecule has 3 aliphatic carbocycles. The Morgan fingerprint density at radius 1 is 1.17 bits per heavy atom. The lowest BCUT2D eigenvalue weighted by molar-refractivity contribution is -0.152. The molecule has 2 atom stereocenters. The van der Waals surface area contributed by atoms with Gasteiger partial charge in [0.1, 0.15) is 11.5 Å². The molecule has 3 aromatic heterocycles. The number of aromatic nitrogens is 4. The molecule has 2 N–H and O–H groups in total. The predicted octanol–water partition coefficient (Wildman–Crippen LogP) is 5.38. The normalized spacial score (nSPS) is 23.8. The number of H-pyrrole nitrogens is 1. The summed E-state index contributed by atoms with van der Waals surface area (Å²) in [6.45, 7) is 5.77. The molecule has 2 bridgehead atoms. The third-order valence-corrected chi connectivity index (χ3v) is 7.32. The Hall–Kier alpha value is -3.34. The standard InChI is InChI=1S/C27H28F2N4O2/c1-27(2,3)9-8-20-23(29)21(11-17-14-4-6-15(7-5-14)22(17)26(34)35)33-25(32-20)19-13-31-24-18(19)10-16(28)12-30-24/h10,12-15,17,22H,4-7,11H2,1-3H3,(H,30,31)(H,34,35). The average molecular weight is 479 g/mol.